The summed E-state index contributed by atoms with van der Waals surface area (Å²) in [5, 5.41) is 18.7. The molecule has 0 aromatic carbocycles. The van der Waals surface area contributed by atoms with E-state index in [0.29, 0.717) is 19.0 Å². The number of amides is 1. The maximum absolute atomic E-state index is 12.1. The summed E-state index contributed by atoms with van der Waals surface area (Å²) in [4.78, 5) is 16.7. The van der Waals surface area contributed by atoms with Crippen molar-refractivity contribution in [2.24, 2.45) is 16.8 Å². The molecule has 7 nitrogen and oxygen atoms in total. The number of hydrogen-bond acceptors (Lipinski definition) is 4. The number of nitrogens with zero attached hydrogens (tertiary/aromatic N) is 1. The van der Waals surface area contributed by atoms with Crippen LogP contribution in [0.2, 0.25) is 0 Å². The molecule has 0 aromatic rings. The van der Waals surface area contributed by atoms with Crippen LogP contribution in [0.15, 0.2) is 4.99 Å². The van der Waals surface area contributed by atoms with Crippen LogP contribution in [0, 0.1) is 11.8 Å². The van der Waals surface area contributed by atoms with Gasteiger partial charge in [0.05, 0.1) is 6.04 Å². The van der Waals surface area contributed by atoms with Gasteiger partial charge in [0.15, 0.2) is 5.96 Å². The number of carbonyl (C=O) groups excluding carboxylic acids is 1. The van der Waals surface area contributed by atoms with Crippen LogP contribution in [0.4, 0.5) is 4.79 Å². The number of alkyl carbamates (subject to hydrolysis) is 1. The van der Waals surface area contributed by atoms with Gasteiger partial charge in [0.2, 0.25) is 0 Å². The van der Waals surface area contributed by atoms with Crippen molar-refractivity contribution >= 4 is 12.1 Å². The Morgan fingerprint density at radius 3 is 2.30 bits per heavy atom. The molecule has 2 atom stereocenters. The zero-order valence-corrected chi connectivity index (χ0v) is 18.4. The van der Waals surface area contributed by atoms with Crippen molar-refractivity contribution < 1.29 is 14.6 Å². The topological polar surface area (TPSA) is 95.0 Å². The molecule has 0 aromatic heterocycles. The summed E-state index contributed by atoms with van der Waals surface area (Å²) in [7, 11) is 0. The van der Waals surface area contributed by atoms with Gasteiger partial charge < -0.3 is 25.8 Å². The summed E-state index contributed by atoms with van der Waals surface area (Å²) in [5.74, 6) is 1.36. The minimum atomic E-state index is -0.517. The summed E-state index contributed by atoms with van der Waals surface area (Å²) in [5.41, 5.74) is -0.517. The molecule has 0 heterocycles. The Morgan fingerprint density at radius 1 is 1.15 bits per heavy atom. The molecule has 0 radical (unpaired) electrons. The van der Waals surface area contributed by atoms with E-state index < -0.39 is 11.7 Å². The van der Waals surface area contributed by atoms with Crippen molar-refractivity contribution in [1.29, 1.82) is 0 Å². The maximum atomic E-state index is 12.1. The first-order chi connectivity index (χ1) is 12.6. The third kappa shape index (κ3) is 13.3. The average molecular weight is 387 g/mol. The highest BCUT2D eigenvalue weighted by molar-refractivity contribution is 5.79. The van der Waals surface area contributed by atoms with Gasteiger partial charge in [-0.05, 0) is 52.4 Å². The number of aliphatic imine (C=N–C) groups is 1. The van der Waals surface area contributed by atoms with Crippen molar-refractivity contribution in [1.82, 2.24) is 16.0 Å². The molecule has 0 fully saturated rings. The Labute approximate surface area is 165 Å². The minimum Gasteiger partial charge on any atom is -0.444 e. The molecule has 0 saturated carbocycles. The SMILES string of the molecule is CCCC(CCO)CN=C(NCC)NCC(NC(=O)OC(C)(C)C)C(C)C. The van der Waals surface area contributed by atoms with Gasteiger partial charge in [-0.1, -0.05) is 27.2 Å². The van der Waals surface area contributed by atoms with E-state index in [4.69, 9.17) is 4.74 Å². The van der Waals surface area contributed by atoms with Gasteiger partial charge in [0, 0.05) is 26.2 Å². The van der Waals surface area contributed by atoms with Crippen molar-refractivity contribution in [2.75, 3.05) is 26.2 Å². The van der Waals surface area contributed by atoms with Crippen LogP contribution in [-0.4, -0.2) is 55.0 Å². The van der Waals surface area contributed by atoms with Crippen LogP contribution >= 0.6 is 0 Å². The molecule has 27 heavy (non-hydrogen) atoms. The molecule has 0 saturated heterocycles. The first kappa shape index (κ1) is 25.5. The molecular formula is C20H42N4O3. The second kappa shape index (κ2) is 13.6. The fourth-order valence-electron chi connectivity index (χ4n) is 2.60. The predicted molar refractivity (Wildman–Crippen MR) is 112 cm³/mol. The molecule has 0 rings (SSSR count). The van der Waals surface area contributed by atoms with E-state index in [1.165, 1.54) is 0 Å². The first-order valence-corrected chi connectivity index (χ1v) is 10.2. The highest BCUT2D eigenvalue weighted by Gasteiger charge is 2.21. The average Bonchev–Trinajstić information content (AvgIpc) is 2.54. The summed E-state index contributed by atoms with van der Waals surface area (Å²) in [6.45, 7) is 16.0. The zero-order valence-electron chi connectivity index (χ0n) is 18.4. The van der Waals surface area contributed by atoms with E-state index >= 15 is 0 Å². The third-order valence-electron chi connectivity index (χ3n) is 4.08. The fraction of sp³-hybridized carbons (Fsp3) is 0.900. The largest absolute Gasteiger partial charge is 0.444 e. The Morgan fingerprint density at radius 2 is 1.81 bits per heavy atom. The smallest absolute Gasteiger partial charge is 0.407 e. The molecule has 0 aliphatic heterocycles. The molecular weight excluding hydrogens is 344 g/mol. The molecule has 7 heteroatoms. The van der Waals surface area contributed by atoms with Gasteiger partial charge in [0.25, 0.3) is 0 Å². The van der Waals surface area contributed by atoms with Crippen molar-refractivity contribution in [3.63, 3.8) is 0 Å². The quantitative estimate of drug-likeness (QED) is 0.323. The van der Waals surface area contributed by atoms with Gasteiger partial charge in [-0.3, -0.25) is 4.99 Å². The summed E-state index contributed by atoms with van der Waals surface area (Å²) in [6.07, 6.45) is 2.50. The molecule has 4 N–H and O–H groups in total. The Balaban J connectivity index is 4.80. The molecule has 160 valence electrons. The number of rotatable bonds is 11. The van der Waals surface area contributed by atoms with E-state index in [9.17, 15) is 9.90 Å². The number of carbonyl (C=O) groups is 1. The number of hydrogen-bond donors (Lipinski definition) is 4. The van der Waals surface area contributed by atoms with Crippen LogP contribution in [0.5, 0.6) is 0 Å². The predicted octanol–water partition coefficient (Wildman–Crippen LogP) is 2.89. The first-order valence-electron chi connectivity index (χ1n) is 10.2. The second-order valence-electron chi connectivity index (χ2n) is 8.26. The van der Waals surface area contributed by atoms with Crippen molar-refractivity contribution in [3.8, 4) is 0 Å². The summed E-state index contributed by atoms with van der Waals surface area (Å²) < 4.78 is 5.36. The molecule has 1 amide bonds. The fourth-order valence-corrected chi connectivity index (χ4v) is 2.60. The molecule has 2 unspecified atom stereocenters. The van der Waals surface area contributed by atoms with E-state index in [0.717, 1.165) is 31.8 Å². The second-order valence-corrected chi connectivity index (χ2v) is 8.26. The van der Waals surface area contributed by atoms with Crippen molar-refractivity contribution in [2.45, 2.75) is 79.4 Å². The van der Waals surface area contributed by atoms with E-state index in [1.54, 1.807) is 0 Å². The van der Waals surface area contributed by atoms with Gasteiger partial charge in [0.1, 0.15) is 5.60 Å². The number of nitrogens with one attached hydrogen (secondary N) is 3. The Hall–Kier alpha value is -1.50. The van der Waals surface area contributed by atoms with E-state index in [-0.39, 0.29) is 18.6 Å². The molecule has 0 spiro atoms. The van der Waals surface area contributed by atoms with E-state index in [2.05, 4.69) is 41.7 Å². The van der Waals surface area contributed by atoms with Crippen LogP contribution in [0.25, 0.3) is 0 Å². The van der Waals surface area contributed by atoms with Crippen LogP contribution in [-0.2, 0) is 4.74 Å². The number of guanidine groups is 1. The Kier molecular flexibility index (Phi) is 12.9. The lowest BCUT2D eigenvalue weighted by molar-refractivity contribution is 0.0491. The number of aliphatic hydroxyl groups excluding tert-OH is 1. The van der Waals surface area contributed by atoms with E-state index in [1.807, 2.05) is 27.7 Å². The molecule has 0 bridgehead atoms. The summed E-state index contributed by atoms with van der Waals surface area (Å²) in [6, 6.07) is -0.0763. The summed E-state index contributed by atoms with van der Waals surface area (Å²) >= 11 is 0. The number of aliphatic hydroxyl groups is 1. The van der Waals surface area contributed by atoms with Gasteiger partial charge in [-0.15, -0.1) is 0 Å². The minimum absolute atomic E-state index is 0.0763. The number of ether oxygens (including phenoxy) is 1. The van der Waals surface area contributed by atoms with Crippen LogP contribution in [0.1, 0.15) is 67.7 Å². The lowest BCUT2D eigenvalue weighted by atomic mass is 10.0. The lowest BCUT2D eigenvalue weighted by Crippen LogP contribution is -2.50. The van der Waals surface area contributed by atoms with Gasteiger partial charge in [-0.2, -0.15) is 0 Å². The van der Waals surface area contributed by atoms with Crippen molar-refractivity contribution in [3.05, 3.63) is 0 Å². The van der Waals surface area contributed by atoms with Gasteiger partial charge >= 0.3 is 6.09 Å². The standard InChI is InChI=1S/C20H42N4O3/c1-8-10-16(11-12-25)13-22-18(21-9-2)23-14-17(15(3)4)24-19(26)27-20(5,6)7/h15-17,25H,8-14H2,1-7H3,(H,24,26)(H2,21,22,23). The maximum Gasteiger partial charge on any atom is 0.407 e. The van der Waals surface area contributed by atoms with Crippen LogP contribution < -0.4 is 16.0 Å². The molecule has 0 aliphatic carbocycles. The van der Waals surface area contributed by atoms with Gasteiger partial charge in [-0.25, -0.2) is 4.79 Å². The highest BCUT2D eigenvalue weighted by Crippen LogP contribution is 2.11. The monoisotopic (exact) mass is 386 g/mol. The normalized spacial score (nSPS) is 14.6. The highest BCUT2D eigenvalue weighted by atomic mass is 16.6. The Bertz CT molecular complexity index is 427. The molecule has 0 aliphatic rings. The third-order valence-corrected chi connectivity index (χ3v) is 4.08. The van der Waals surface area contributed by atoms with Crippen LogP contribution in [0.3, 0.4) is 0 Å². The zero-order chi connectivity index (χ0) is 20.9. The lowest BCUT2D eigenvalue weighted by Gasteiger charge is -2.26.